The molecule has 4 rings (SSSR count). The van der Waals surface area contributed by atoms with Crippen LogP contribution < -0.4 is 20.4 Å². The van der Waals surface area contributed by atoms with Gasteiger partial charge in [0.2, 0.25) is 5.91 Å². The Balaban J connectivity index is 0.00000289. The normalized spacial score (nSPS) is 16.7. The summed E-state index contributed by atoms with van der Waals surface area (Å²) in [7, 11) is 3.68. The molecule has 0 spiro atoms. The van der Waals surface area contributed by atoms with Crippen LogP contribution in [0.25, 0.3) is 10.8 Å². The summed E-state index contributed by atoms with van der Waals surface area (Å²) in [5.74, 6) is -0.299. The highest BCUT2D eigenvalue weighted by molar-refractivity contribution is 6.04. The number of rotatable bonds is 5. The average Bonchev–Trinajstić information content (AvgIpc) is 2.89. The van der Waals surface area contributed by atoms with Gasteiger partial charge >= 0.3 is 0 Å². The Labute approximate surface area is 195 Å². The predicted molar refractivity (Wildman–Crippen MR) is 133 cm³/mol. The lowest BCUT2D eigenvalue weighted by Gasteiger charge is -2.26. The van der Waals surface area contributed by atoms with Crippen LogP contribution in [0.1, 0.15) is 12.5 Å². The number of likely N-dealkylation sites (N-methyl/N-ethyl adjacent to an activating group) is 2. The Morgan fingerprint density at radius 2 is 1.69 bits per heavy atom. The van der Waals surface area contributed by atoms with Crippen molar-refractivity contribution in [1.82, 2.24) is 10.6 Å². The Morgan fingerprint density at radius 3 is 2.44 bits per heavy atom. The Bertz CT molecular complexity index is 1110. The lowest BCUT2D eigenvalue weighted by molar-refractivity contribution is -0.128. The van der Waals surface area contributed by atoms with Gasteiger partial charge in [-0.3, -0.25) is 9.59 Å². The number of amides is 2. The molecule has 2 N–H and O–H groups in total. The summed E-state index contributed by atoms with van der Waals surface area (Å²) < 4.78 is 0. The van der Waals surface area contributed by atoms with Crippen LogP contribution in [0.2, 0.25) is 0 Å². The molecule has 3 aromatic rings. The number of benzene rings is 3. The van der Waals surface area contributed by atoms with Crippen molar-refractivity contribution >= 4 is 46.4 Å². The van der Waals surface area contributed by atoms with E-state index in [-0.39, 0.29) is 30.3 Å². The fourth-order valence-electron chi connectivity index (χ4n) is 4.07. The van der Waals surface area contributed by atoms with E-state index < -0.39 is 6.04 Å². The molecule has 1 aliphatic rings. The van der Waals surface area contributed by atoms with Crippen LogP contribution in [0.4, 0.5) is 11.4 Å². The van der Waals surface area contributed by atoms with Gasteiger partial charge in [-0.05, 0) is 42.4 Å². The van der Waals surface area contributed by atoms with Crippen LogP contribution in [-0.2, 0) is 16.1 Å². The van der Waals surface area contributed by atoms with Crippen LogP contribution in [0, 0.1) is 0 Å². The smallest absolute Gasteiger partial charge is 0.251 e. The third-order valence-electron chi connectivity index (χ3n) is 5.96. The van der Waals surface area contributed by atoms with Gasteiger partial charge in [-0.25, -0.2) is 0 Å². The fraction of sp³-hybridized carbons (Fsp3) is 0.280. The number of hydrogen-bond acceptors (Lipinski definition) is 4. The summed E-state index contributed by atoms with van der Waals surface area (Å²) in [6.45, 7) is 2.62. The van der Waals surface area contributed by atoms with Crippen LogP contribution in [-0.4, -0.2) is 44.5 Å². The molecule has 168 valence electrons. The van der Waals surface area contributed by atoms with Crippen molar-refractivity contribution in [3.8, 4) is 0 Å². The molecular formula is C25H29ClN4O2. The first kappa shape index (κ1) is 23.6. The SMILES string of the molecule is CNC(C)C(=O)NC1CN(C)c2ccccc2N(Cc2cccc3ccccc23)C1=O.Cl. The Morgan fingerprint density at radius 1 is 1.03 bits per heavy atom. The molecule has 1 heterocycles. The van der Waals surface area contributed by atoms with Crippen molar-refractivity contribution < 1.29 is 9.59 Å². The molecule has 6 nitrogen and oxygen atoms in total. The Hall–Kier alpha value is -3.09. The van der Waals surface area contributed by atoms with E-state index in [0.717, 1.165) is 27.7 Å². The summed E-state index contributed by atoms with van der Waals surface area (Å²) in [6, 6.07) is 21.2. The summed E-state index contributed by atoms with van der Waals surface area (Å²) in [6.07, 6.45) is 0. The molecular weight excluding hydrogens is 424 g/mol. The maximum Gasteiger partial charge on any atom is 0.251 e. The van der Waals surface area contributed by atoms with Crippen LogP contribution in [0.3, 0.4) is 0 Å². The number of anilines is 2. The number of halogens is 1. The second-order valence-electron chi connectivity index (χ2n) is 8.00. The minimum atomic E-state index is -0.643. The quantitative estimate of drug-likeness (QED) is 0.623. The molecule has 0 fully saturated rings. The second-order valence-corrected chi connectivity index (χ2v) is 8.00. The molecule has 0 saturated carbocycles. The third-order valence-corrected chi connectivity index (χ3v) is 5.96. The van der Waals surface area contributed by atoms with Gasteiger partial charge in [-0.1, -0.05) is 54.6 Å². The van der Waals surface area contributed by atoms with Gasteiger partial charge < -0.3 is 20.4 Å². The standard InChI is InChI=1S/C25H28N4O2.ClH/c1-17(26-2)24(30)27-21-16-28(3)22-13-6-7-14-23(22)29(25(21)31)15-19-11-8-10-18-9-4-5-12-20(18)19;/h4-14,17,21,26H,15-16H2,1-3H3,(H,27,30);1H. The topological polar surface area (TPSA) is 64.7 Å². The van der Waals surface area contributed by atoms with Crippen molar-refractivity contribution in [2.75, 3.05) is 30.4 Å². The lowest BCUT2D eigenvalue weighted by Crippen LogP contribution is -2.54. The largest absolute Gasteiger partial charge is 0.370 e. The molecule has 32 heavy (non-hydrogen) atoms. The maximum absolute atomic E-state index is 13.7. The second kappa shape index (κ2) is 10.0. The van der Waals surface area contributed by atoms with E-state index >= 15 is 0 Å². The lowest BCUT2D eigenvalue weighted by atomic mass is 10.0. The average molecular weight is 453 g/mol. The molecule has 0 radical (unpaired) electrons. The maximum atomic E-state index is 13.7. The zero-order chi connectivity index (χ0) is 22.0. The molecule has 3 aromatic carbocycles. The molecule has 0 saturated heterocycles. The highest BCUT2D eigenvalue weighted by Crippen LogP contribution is 2.34. The molecule has 7 heteroatoms. The zero-order valence-corrected chi connectivity index (χ0v) is 19.4. The van der Waals surface area contributed by atoms with Crippen molar-refractivity contribution in [1.29, 1.82) is 0 Å². The number of hydrogen-bond donors (Lipinski definition) is 2. The summed E-state index contributed by atoms with van der Waals surface area (Å²) in [5, 5.41) is 8.14. The summed E-state index contributed by atoms with van der Waals surface area (Å²) in [4.78, 5) is 30.1. The van der Waals surface area contributed by atoms with E-state index in [9.17, 15) is 9.59 Å². The molecule has 0 bridgehead atoms. The van der Waals surface area contributed by atoms with Crippen LogP contribution >= 0.6 is 12.4 Å². The summed E-state index contributed by atoms with van der Waals surface area (Å²) >= 11 is 0. The van der Waals surface area contributed by atoms with E-state index in [1.807, 2.05) is 54.4 Å². The number of para-hydroxylation sites is 2. The van der Waals surface area contributed by atoms with Gasteiger partial charge in [0, 0.05) is 13.6 Å². The van der Waals surface area contributed by atoms with E-state index in [0.29, 0.717) is 13.1 Å². The zero-order valence-electron chi connectivity index (χ0n) is 18.5. The van der Waals surface area contributed by atoms with E-state index in [1.54, 1.807) is 18.9 Å². The highest BCUT2D eigenvalue weighted by Gasteiger charge is 2.34. The van der Waals surface area contributed by atoms with Crippen LogP contribution in [0.5, 0.6) is 0 Å². The third kappa shape index (κ3) is 4.56. The van der Waals surface area contributed by atoms with Gasteiger partial charge in [0.25, 0.3) is 5.91 Å². The minimum absolute atomic E-state index is 0. The number of fused-ring (bicyclic) bond motifs is 2. The van der Waals surface area contributed by atoms with Gasteiger partial charge in [-0.15, -0.1) is 12.4 Å². The first-order valence-corrected chi connectivity index (χ1v) is 10.6. The predicted octanol–water partition coefficient (Wildman–Crippen LogP) is 3.34. The molecule has 2 unspecified atom stereocenters. The van der Waals surface area contributed by atoms with Crippen molar-refractivity contribution in [2.24, 2.45) is 0 Å². The fourth-order valence-corrected chi connectivity index (χ4v) is 4.07. The number of carbonyl (C=O) groups excluding carboxylic acids is 2. The first-order chi connectivity index (χ1) is 15.0. The Kier molecular flexibility index (Phi) is 7.38. The van der Waals surface area contributed by atoms with Gasteiger partial charge in [0.15, 0.2) is 0 Å². The molecule has 2 atom stereocenters. The molecule has 0 aromatic heterocycles. The van der Waals surface area contributed by atoms with Gasteiger partial charge in [-0.2, -0.15) is 0 Å². The van der Waals surface area contributed by atoms with E-state index in [2.05, 4.69) is 34.9 Å². The highest BCUT2D eigenvalue weighted by atomic mass is 35.5. The minimum Gasteiger partial charge on any atom is -0.370 e. The van der Waals surface area contributed by atoms with Crippen LogP contribution in [0.15, 0.2) is 66.7 Å². The number of carbonyl (C=O) groups is 2. The first-order valence-electron chi connectivity index (χ1n) is 10.6. The van der Waals surface area contributed by atoms with Crippen molar-refractivity contribution in [3.63, 3.8) is 0 Å². The van der Waals surface area contributed by atoms with Gasteiger partial charge in [0.1, 0.15) is 6.04 Å². The van der Waals surface area contributed by atoms with Gasteiger partial charge in [0.05, 0.1) is 24.0 Å². The van der Waals surface area contributed by atoms with Crippen molar-refractivity contribution in [3.05, 3.63) is 72.3 Å². The number of nitrogens with zero attached hydrogens (tertiary/aromatic N) is 2. The van der Waals surface area contributed by atoms with E-state index in [4.69, 9.17) is 0 Å². The summed E-state index contributed by atoms with van der Waals surface area (Å²) in [5.41, 5.74) is 2.88. The molecule has 1 aliphatic heterocycles. The van der Waals surface area contributed by atoms with E-state index in [1.165, 1.54) is 0 Å². The van der Waals surface area contributed by atoms with Crippen molar-refractivity contribution in [2.45, 2.75) is 25.6 Å². The monoisotopic (exact) mass is 452 g/mol. The molecule has 2 amide bonds. The number of nitrogens with one attached hydrogen (secondary N) is 2. The molecule has 0 aliphatic carbocycles.